The van der Waals surface area contributed by atoms with Crippen LogP contribution >= 0.6 is 23.2 Å². The predicted molar refractivity (Wildman–Crippen MR) is 84.4 cm³/mol. The van der Waals surface area contributed by atoms with Gasteiger partial charge in [-0.1, -0.05) is 35.3 Å². The normalized spacial score (nSPS) is 10.6. The first-order valence-electron chi connectivity index (χ1n) is 6.23. The summed E-state index contributed by atoms with van der Waals surface area (Å²) in [7, 11) is 0. The maximum atomic E-state index is 6.00. The highest BCUT2D eigenvalue weighted by Crippen LogP contribution is 2.25. The van der Waals surface area contributed by atoms with Crippen molar-refractivity contribution in [2.24, 2.45) is 0 Å². The van der Waals surface area contributed by atoms with Gasteiger partial charge in [0.2, 0.25) is 0 Å². The average molecular weight is 294 g/mol. The monoisotopic (exact) mass is 293 g/mol. The molecule has 2 aromatic rings. The highest BCUT2D eigenvalue weighted by molar-refractivity contribution is 6.42. The first kappa shape index (κ1) is 14.2. The third-order valence-electron chi connectivity index (χ3n) is 3.35. The number of benzene rings is 2. The van der Waals surface area contributed by atoms with E-state index >= 15 is 0 Å². The molecule has 0 aromatic heterocycles. The Kier molecular flexibility index (Phi) is 4.38. The summed E-state index contributed by atoms with van der Waals surface area (Å²) in [5, 5.41) is 4.52. The molecular weight excluding hydrogens is 277 g/mol. The van der Waals surface area contributed by atoms with Crippen LogP contribution in [0.5, 0.6) is 0 Å². The van der Waals surface area contributed by atoms with Gasteiger partial charge in [0.25, 0.3) is 0 Å². The summed E-state index contributed by atoms with van der Waals surface area (Å²) >= 11 is 11.9. The van der Waals surface area contributed by atoms with E-state index in [4.69, 9.17) is 23.2 Å². The van der Waals surface area contributed by atoms with E-state index in [1.165, 1.54) is 22.3 Å². The molecule has 0 saturated carbocycles. The van der Waals surface area contributed by atoms with Gasteiger partial charge < -0.3 is 5.32 Å². The number of hydrogen-bond acceptors (Lipinski definition) is 1. The van der Waals surface area contributed by atoms with E-state index in [1.54, 1.807) is 6.07 Å². The van der Waals surface area contributed by atoms with Crippen LogP contribution in [0.25, 0.3) is 0 Å². The fourth-order valence-corrected chi connectivity index (χ4v) is 2.31. The number of nitrogens with one attached hydrogen (secondary N) is 1. The Morgan fingerprint density at radius 1 is 0.842 bits per heavy atom. The second-order valence-electron chi connectivity index (χ2n) is 4.85. The molecule has 2 rings (SSSR count). The van der Waals surface area contributed by atoms with Gasteiger partial charge in [0.1, 0.15) is 0 Å². The molecule has 2 aromatic carbocycles. The number of hydrogen-bond donors (Lipinski definition) is 1. The summed E-state index contributed by atoms with van der Waals surface area (Å²) in [6.07, 6.45) is 0. The summed E-state index contributed by atoms with van der Waals surface area (Å²) in [5.41, 5.74) is 6.23. The van der Waals surface area contributed by atoms with Crippen LogP contribution in [0, 0.1) is 20.8 Å². The standard InChI is InChI=1S/C16H17Cl2N/c1-10-6-12(3)13(7-11(10)2)9-19-14-4-5-15(17)16(18)8-14/h4-8,19H,9H2,1-3H3. The van der Waals surface area contributed by atoms with E-state index < -0.39 is 0 Å². The van der Waals surface area contributed by atoms with Crippen molar-refractivity contribution in [1.82, 2.24) is 0 Å². The zero-order chi connectivity index (χ0) is 14.0. The van der Waals surface area contributed by atoms with Crippen molar-refractivity contribution in [2.45, 2.75) is 27.3 Å². The van der Waals surface area contributed by atoms with Gasteiger partial charge in [0.15, 0.2) is 0 Å². The molecule has 1 N–H and O–H groups in total. The van der Waals surface area contributed by atoms with E-state index in [-0.39, 0.29) is 0 Å². The van der Waals surface area contributed by atoms with Crippen molar-refractivity contribution in [3.63, 3.8) is 0 Å². The van der Waals surface area contributed by atoms with Crippen molar-refractivity contribution in [1.29, 1.82) is 0 Å². The molecule has 0 fully saturated rings. The quantitative estimate of drug-likeness (QED) is 0.784. The predicted octanol–water partition coefficient (Wildman–Crippen LogP) is 5.53. The minimum atomic E-state index is 0.573. The lowest BCUT2D eigenvalue weighted by Gasteiger charge is -2.12. The Hall–Kier alpha value is -1.18. The fraction of sp³-hybridized carbons (Fsp3) is 0.250. The van der Waals surface area contributed by atoms with Crippen LogP contribution in [0.1, 0.15) is 22.3 Å². The highest BCUT2D eigenvalue weighted by atomic mass is 35.5. The molecule has 0 aliphatic rings. The van der Waals surface area contributed by atoms with E-state index in [9.17, 15) is 0 Å². The zero-order valence-electron chi connectivity index (χ0n) is 11.3. The lowest BCUT2D eigenvalue weighted by molar-refractivity contribution is 1.10. The first-order valence-corrected chi connectivity index (χ1v) is 6.98. The van der Waals surface area contributed by atoms with Gasteiger partial charge in [0, 0.05) is 12.2 Å². The van der Waals surface area contributed by atoms with Crippen molar-refractivity contribution in [3.8, 4) is 0 Å². The number of anilines is 1. The van der Waals surface area contributed by atoms with Crippen molar-refractivity contribution >= 4 is 28.9 Å². The molecule has 19 heavy (non-hydrogen) atoms. The smallest absolute Gasteiger partial charge is 0.0612 e. The van der Waals surface area contributed by atoms with E-state index in [0.29, 0.717) is 10.0 Å². The van der Waals surface area contributed by atoms with E-state index in [2.05, 4.69) is 38.2 Å². The van der Waals surface area contributed by atoms with Gasteiger partial charge in [-0.25, -0.2) is 0 Å². The van der Waals surface area contributed by atoms with Crippen LogP contribution in [0.2, 0.25) is 10.0 Å². The average Bonchev–Trinajstić information content (AvgIpc) is 2.36. The SMILES string of the molecule is Cc1cc(C)c(CNc2ccc(Cl)c(Cl)c2)cc1C. The Morgan fingerprint density at radius 3 is 2.21 bits per heavy atom. The van der Waals surface area contributed by atoms with E-state index in [1.807, 2.05) is 12.1 Å². The summed E-state index contributed by atoms with van der Waals surface area (Å²) < 4.78 is 0. The van der Waals surface area contributed by atoms with Crippen LogP contribution in [-0.2, 0) is 6.54 Å². The molecular formula is C16H17Cl2N. The van der Waals surface area contributed by atoms with Gasteiger partial charge in [-0.15, -0.1) is 0 Å². The Bertz CT molecular complexity index is 606. The van der Waals surface area contributed by atoms with Crippen LogP contribution in [0.3, 0.4) is 0 Å². The molecule has 1 nitrogen and oxygen atoms in total. The Balaban J connectivity index is 2.14. The maximum Gasteiger partial charge on any atom is 0.0612 e. The fourth-order valence-electron chi connectivity index (χ4n) is 2.01. The van der Waals surface area contributed by atoms with Crippen LogP contribution in [0.4, 0.5) is 5.69 Å². The van der Waals surface area contributed by atoms with Gasteiger partial charge in [-0.2, -0.15) is 0 Å². The molecule has 0 aliphatic heterocycles. The van der Waals surface area contributed by atoms with Gasteiger partial charge >= 0.3 is 0 Å². The number of aryl methyl sites for hydroxylation is 3. The Morgan fingerprint density at radius 2 is 1.53 bits per heavy atom. The van der Waals surface area contributed by atoms with E-state index in [0.717, 1.165) is 12.2 Å². The van der Waals surface area contributed by atoms with Gasteiger partial charge in [-0.05, 0) is 61.2 Å². The minimum Gasteiger partial charge on any atom is -0.381 e. The van der Waals surface area contributed by atoms with Crippen LogP contribution < -0.4 is 5.32 Å². The zero-order valence-corrected chi connectivity index (χ0v) is 12.9. The van der Waals surface area contributed by atoms with Crippen molar-refractivity contribution in [2.75, 3.05) is 5.32 Å². The minimum absolute atomic E-state index is 0.573. The third kappa shape index (κ3) is 3.43. The molecule has 3 heteroatoms. The largest absolute Gasteiger partial charge is 0.381 e. The summed E-state index contributed by atoms with van der Waals surface area (Å²) in [6.45, 7) is 7.19. The lowest BCUT2D eigenvalue weighted by Crippen LogP contribution is -2.02. The highest BCUT2D eigenvalue weighted by Gasteiger charge is 2.03. The molecule has 0 spiro atoms. The second-order valence-corrected chi connectivity index (χ2v) is 5.66. The summed E-state index contributed by atoms with van der Waals surface area (Å²) in [5.74, 6) is 0. The third-order valence-corrected chi connectivity index (χ3v) is 4.09. The second kappa shape index (κ2) is 5.85. The molecule has 100 valence electrons. The molecule has 0 atom stereocenters. The number of halogens is 2. The lowest BCUT2D eigenvalue weighted by atomic mass is 10.0. The molecule has 0 radical (unpaired) electrons. The molecule has 0 heterocycles. The van der Waals surface area contributed by atoms with Crippen molar-refractivity contribution < 1.29 is 0 Å². The summed E-state index contributed by atoms with van der Waals surface area (Å²) in [6, 6.07) is 10.0. The first-order chi connectivity index (χ1) is 8.97. The molecule has 0 aliphatic carbocycles. The number of rotatable bonds is 3. The molecule has 0 unspecified atom stereocenters. The van der Waals surface area contributed by atoms with Gasteiger partial charge in [0.05, 0.1) is 10.0 Å². The van der Waals surface area contributed by atoms with Crippen LogP contribution in [-0.4, -0.2) is 0 Å². The Labute approximate surface area is 124 Å². The molecule has 0 bridgehead atoms. The molecule has 0 amide bonds. The topological polar surface area (TPSA) is 12.0 Å². The van der Waals surface area contributed by atoms with Crippen molar-refractivity contribution in [3.05, 3.63) is 62.6 Å². The maximum absolute atomic E-state index is 6.00. The summed E-state index contributed by atoms with van der Waals surface area (Å²) in [4.78, 5) is 0. The van der Waals surface area contributed by atoms with Crippen LogP contribution in [0.15, 0.2) is 30.3 Å². The molecule has 0 saturated heterocycles. The van der Waals surface area contributed by atoms with Gasteiger partial charge in [-0.3, -0.25) is 0 Å².